The van der Waals surface area contributed by atoms with Gasteiger partial charge >= 0.3 is 0 Å². The van der Waals surface area contributed by atoms with Crippen LogP contribution in [0, 0.1) is 0 Å². The Kier molecular flexibility index (Phi) is 5.99. The summed E-state index contributed by atoms with van der Waals surface area (Å²) in [6.45, 7) is 1.43. The third-order valence-corrected chi connectivity index (χ3v) is 6.29. The Hall–Kier alpha value is -3.44. The molecule has 0 bridgehead atoms. The summed E-state index contributed by atoms with van der Waals surface area (Å²) in [6.07, 6.45) is 7.86. The van der Waals surface area contributed by atoms with E-state index in [2.05, 4.69) is 50.9 Å². The smallest absolute Gasteiger partial charge is 0.251 e. The van der Waals surface area contributed by atoms with E-state index >= 15 is 0 Å². The molecule has 1 aliphatic rings. The first-order chi connectivity index (χ1) is 15.8. The fourth-order valence-electron chi connectivity index (χ4n) is 4.63. The van der Waals surface area contributed by atoms with Crippen molar-refractivity contribution in [3.63, 3.8) is 0 Å². The van der Waals surface area contributed by atoms with Crippen LogP contribution in [0.5, 0.6) is 0 Å². The minimum Gasteiger partial charge on any atom is -0.357 e. The largest absolute Gasteiger partial charge is 0.357 e. The van der Waals surface area contributed by atoms with Crippen molar-refractivity contribution in [3.05, 3.63) is 101 Å². The van der Waals surface area contributed by atoms with Crippen molar-refractivity contribution in [2.24, 2.45) is 0 Å². The highest BCUT2D eigenvalue weighted by Gasteiger charge is 2.24. The fraction of sp³-hybridized carbons (Fsp3) is 0.259. The molecular formula is C27H28N4O. The normalized spacial score (nSPS) is 15.4. The molecule has 162 valence electrons. The van der Waals surface area contributed by atoms with Gasteiger partial charge in [-0.2, -0.15) is 0 Å². The molecule has 2 aromatic heterocycles. The summed E-state index contributed by atoms with van der Waals surface area (Å²) < 4.78 is 0. The van der Waals surface area contributed by atoms with Crippen LogP contribution in [0.25, 0.3) is 10.9 Å². The van der Waals surface area contributed by atoms with Crippen LogP contribution in [0.15, 0.2) is 73.1 Å². The van der Waals surface area contributed by atoms with E-state index in [0.717, 1.165) is 43.3 Å². The number of carbonyl (C=O) groups excluding carboxylic acids is 1. The zero-order valence-electron chi connectivity index (χ0n) is 18.1. The maximum Gasteiger partial charge on any atom is 0.251 e. The van der Waals surface area contributed by atoms with Crippen LogP contribution in [-0.4, -0.2) is 22.4 Å². The standard InChI is InChI=1S/C27H28N4O/c32-27(30-18-20-8-5-14-28-17-20)21-11-12-24-23(16-21)22-9-4-10-25(26(22)31-24)29-15-13-19-6-2-1-3-7-19/h1-3,5-8,11-12,14,16-17,25,29,31H,4,9-10,13,15,18H2,(H,30,32). The van der Waals surface area contributed by atoms with Crippen LogP contribution < -0.4 is 10.6 Å². The van der Waals surface area contributed by atoms with Gasteiger partial charge in [0.1, 0.15) is 0 Å². The number of nitrogens with zero attached hydrogens (tertiary/aromatic N) is 1. The summed E-state index contributed by atoms with van der Waals surface area (Å²) in [7, 11) is 0. The Morgan fingerprint density at radius 1 is 1.06 bits per heavy atom. The number of aromatic amines is 1. The van der Waals surface area contributed by atoms with Crippen molar-refractivity contribution >= 4 is 16.8 Å². The molecule has 0 spiro atoms. The number of nitrogens with one attached hydrogen (secondary N) is 3. The Labute approximate surface area is 188 Å². The van der Waals surface area contributed by atoms with Crippen LogP contribution in [0.3, 0.4) is 0 Å². The average molecular weight is 425 g/mol. The second-order valence-electron chi connectivity index (χ2n) is 8.46. The quantitative estimate of drug-likeness (QED) is 0.403. The van der Waals surface area contributed by atoms with Gasteiger partial charge < -0.3 is 15.6 Å². The molecule has 0 aliphatic heterocycles. The average Bonchev–Trinajstić information content (AvgIpc) is 3.23. The number of amides is 1. The van der Waals surface area contributed by atoms with Crippen molar-refractivity contribution in [3.8, 4) is 0 Å². The van der Waals surface area contributed by atoms with Gasteiger partial charge in [0.15, 0.2) is 0 Å². The number of fused-ring (bicyclic) bond motifs is 3. The van der Waals surface area contributed by atoms with Gasteiger partial charge in [0.05, 0.1) is 0 Å². The number of hydrogen-bond donors (Lipinski definition) is 3. The van der Waals surface area contributed by atoms with Gasteiger partial charge in [-0.05, 0) is 73.2 Å². The van der Waals surface area contributed by atoms with E-state index < -0.39 is 0 Å². The minimum atomic E-state index is -0.0564. The number of H-pyrrole nitrogens is 1. The molecule has 3 N–H and O–H groups in total. The summed E-state index contributed by atoms with van der Waals surface area (Å²) in [5, 5.41) is 7.92. The Morgan fingerprint density at radius 3 is 2.78 bits per heavy atom. The second-order valence-corrected chi connectivity index (χ2v) is 8.46. The van der Waals surface area contributed by atoms with Gasteiger partial charge in [0.2, 0.25) is 0 Å². The van der Waals surface area contributed by atoms with E-state index in [4.69, 9.17) is 0 Å². The molecule has 2 aromatic carbocycles. The molecule has 0 saturated carbocycles. The van der Waals surface area contributed by atoms with Crippen LogP contribution in [0.4, 0.5) is 0 Å². The third-order valence-electron chi connectivity index (χ3n) is 6.29. The topological polar surface area (TPSA) is 69.8 Å². The number of carbonyl (C=O) groups is 1. The molecule has 5 rings (SSSR count). The van der Waals surface area contributed by atoms with E-state index in [1.807, 2.05) is 30.3 Å². The lowest BCUT2D eigenvalue weighted by Crippen LogP contribution is -2.27. The van der Waals surface area contributed by atoms with E-state index in [-0.39, 0.29) is 5.91 Å². The minimum absolute atomic E-state index is 0.0564. The van der Waals surface area contributed by atoms with Gasteiger partial charge in [-0.15, -0.1) is 0 Å². The molecule has 0 radical (unpaired) electrons. The first kappa shape index (κ1) is 20.5. The molecule has 0 saturated heterocycles. The zero-order chi connectivity index (χ0) is 21.8. The highest BCUT2D eigenvalue weighted by molar-refractivity contribution is 5.99. The number of rotatable bonds is 7. The summed E-state index contributed by atoms with van der Waals surface area (Å²) in [6, 6.07) is 20.7. The highest BCUT2D eigenvalue weighted by Crippen LogP contribution is 2.35. The van der Waals surface area contributed by atoms with Crippen LogP contribution in [-0.2, 0) is 19.4 Å². The predicted octanol–water partition coefficient (Wildman–Crippen LogP) is 4.70. The second kappa shape index (κ2) is 9.37. The van der Waals surface area contributed by atoms with Crippen LogP contribution in [0.1, 0.15) is 51.6 Å². The zero-order valence-corrected chi connectivity index (χ0v) is 18.1. The fourth-order valence-corrected chi connectivity index (χ4v) is 4.63. The third kappa shape index (κ3) is 4.43. The molecule has 5 nitrogen and oxygen atoms in total. The number of hydrogen-bond acceptors (Lipinski definition) is 3. The van der Waals surface area contributed by atoms with Crippen molar-refractivity contribution < 1.29 is 4.79 Å². The number of benzene rings is 2. The lowest BCUT2D eigenvalue weighted by atomic mass is 9.91. The van der Waals surface area contributed by atoms with Gasteiger partial charge in [0.25, 0.3) is 5.91 Å². The van der Waals surface area contributed by atoms with Gasteiger partial charge in [-0.1, -0.05) is 36.4 Å². The number of aromatic nitrogens is 2. The lowest BCUT2D eigenvalue weighted by molar-refractivity contribution is 0.0951. The molecular weight excluding hydrogens is 396 g/mol. The van der Waals surface area contributed by atoms with E-state index in [9.17, 15) is 4.79 Å². The lowest BCUT2D eigenvalue weighted by Gasteiger charge is -2.24. The molecule has 5 heteroatoms. The molecule has 1 aliphatic carbocycles. The number of aryl methyl sites for hydroxylation is 1. The molecule has 4 aromatic rings. The van der Waals surface area contributed by atoms with Crippen LogP contribution in [0.2, 0.25) is 0 Å². The number of pyridine rings is 1. The van der Waals surface area contributed by atoms with Crippen LogP contribution >= 0.6 is 0 Å². The Balaban J connectivity index is 1.30. The monoisotopic (exact) mass is 424 g/mol. The molecule has 1 unspecified atom stereocenters. The molecule has 1 amide bonds. The first-order valence-electron chi connectivity index (χ1n) is 11.4. The Bertz CT molecular complexity index is 1200. The van der Waals surface area contributed by atoms with Crippen molar-refractivity contribution in [2.75, 3.05) is 6.54 Å². The molecule has 0 fully saturated rings. The Morgan fingerprint density at radius 2 is 1.94 bits per heavy atom. The van der Waals surface area contributed by atoms with Gasteiger partial charge in [0, 0.05) is 47.1 Å². The van der Waals surface area contributed by atoms with Crippen molar-refractivity contribution in [1.29, 1.82) is 0 Å². The molecule has 1 atom stereocenters. The SMILES string of the molecule is O=C(NCc1cccnc1)c1ccc2[nH]c3c(c2c1)CCCC3NCCc1ccccc1. The maximum absolute atomic E-state index is 12.7. The predicted molar refractivity (Wildman–Crippen MR) is 128 cm³/mol. The van der Waals surface area contributed by atoms with Crippen molar-refractivity contribution in [1.82, 2.24) is 20.6 Å². The van der Waals surface area contributed by atoms with E-state index in [1.54, 1.807) is 12.4 Å². The van der Waals surface area contributed by atoms with Gasteiger partial charge in [-0.3, -0.25) is 9.78 Å². The molecule has 2 heterocycles. The first-order valence-corrected chi connectivity index (χ1v) is 11.4. The van der Waals surface area contributed by atoms with Gasteiger partial charge in [-0.25, -0.2) is 0 Å². The molecule has 32 heavy (non-hydrogen) atoms. The van der Waals surface area contributed by atoms with E-state index in [1.165, 1.54) is 22.2 Å². The summed E-state index contributed by atoms with van der Waals surface area (Å²) >= 11 is 0. The summed E-state index contributed by atoms with van der Waals surface area (Å²) in [5.74, 6) is -0.0564. The van der Waals surface area contributed by atoms with Crippen molar-refractivity contribution in [2.45, 2.75) is 38.3 Å². The summed E-state index contributed by atoms with van der Waals surface area (Å²) in [4.78, 5) is 20.5. The summed E-state index contributed by atoms with van der Waals surface area (Å²) in [5.41, 5.74) is 6.79. The van der Waals surface area contributed by atoms with E-state index in [0.29, 0.717) is 18.2 Å². The maximum atomic E-state index is 12.7. The highest BCUT2D eigenvalue weighted by atomic mass is 16.1.